The fourth-order valence-electron chi connectivity index (χ4n) is 2.32. The Morgan fingerprint density at radius 2 is 1.69 bits per heavy atom. The summed E-state index contributed by atoms with van der Waals surface area (Å²) in [5.74, 6) is 0.792. The molecule has 3 aromatic rings. The van der Waals surface area contributed by atoms with Crippen LogP contribution < -0.4 is 4.74 Å². The van der Waals surface area contributed by atoms with Crippen molar-refractivity contribution < 1.29 is 14.3 Å². The van der Waals surface area contributed by atoms with Gasteiger partial charge in [-0.2, -0.15) is 0 Å². The summed E-state index contributed by atoms with van der Waals surface area (Å²) in [4.78, 5) is 20.3. The molecule has 0 atom stereocenters. The molecule has 5 nitrogen and oxygen atoms in total. The first-order valence-corrected chi connectivity index (χ1v) is 8.51. The highest BCUT2D eigenvalue weighted by Crippen LogP contribution is 2.23. The molecule has 0 amide bonds. The van der Waals surface area contributed by atoms with Crippen molar-refractivity contribution in [1.82, 2.24) is 9.97 Å². The van der Waals surface area contributed by atoms with Gasteiger partial charge >= 0.3 is 5.97 Å². The average molecular weight is 369 g/mol. The van der Waals surface area contributed by atoms with Crippen molar-refractivity contribution in [3.63, 3.8) is 0 Å². The number of carbonyl (C=O) groups excluding carboxylic acids is 1. The smallest absolute Gasteiger partial charge is 0.344 e. The largest absolute Gasteiger partial charge is 0.482 e. The van der Waals surface area contributed by atoms with Gasteiger partial charge in [-0.1, -0.05) is 23.7 Å². The fraction of sp³-hybridized carbons (Fsp3) is 0.150. The van der Waals surface area contributed by atoms with Crippen molar-refractivity contribution in [3.8, 4) is 28.4 Å². The Morgan fingerprint density at radius 1 is 1.00 bits per heavy atom. The highest BCUT2D eigenvalue weighted by molar-refractivity contribution is 6.30. The predicted octanol–water partition coefficient (Wildman–Crippen LogP) is 4.41. The summed E-state index contributed by atoms with van der Waals surface area (Å²) < 4.78 is 10.2. The number of carbonyl (C=O) groups is 1. The molecule has 6 heteroatoms. The molecule has 0 saturated heterocycles. The van der Waals surface area contributed by atoms with Crippen LogP contribution in [0, 0.1) is 0 Å². The van der Waals surface area contributed by atoms with Gasteiger partial charge in [-0.05, 0) is 49.4 Å². The third-order valence-electron chi connectivity index (χ3n) is 3.57. The number of rotatable bonds is 6. The molecule has 132 valence electrons. The molecule has 1 heterocycles. The molecular weight excluding hydrogens is 352 g/mol. The van der Waals surface area contributed by atoms with E-state index >= 15 is 0 Å². The maximum absolute atomic E-state index is 11.3. The van der Waals surface area contributed by atoms with E-state index in [1.54, 1.807) is 25.3 Å². The summed E-state index contributed by atoms with van der Waals surface area (Å²) in [5.41, 5.74) is 2.63. The Balaban J connectivity index is 1.74. The number of ether oxygens (including phenoxy) is 2. The van der Waals surface area contributed by atoms with Gasteiger partial charge in [-0.15, -0.1) is 0 Å². The van der Waals surface area contributed by atoms with E-state index in [9.17, 15) is 4.79 Å². The first-order valence-electron chi connectivity index (χ1n) is 8.13. The molecule has 0 radical (unpaired) electrons. The lowest BCUT2D eigenvalue weighted by molar-refractivity contribution is -0.145. The summed E-state index contributed by atoms with van der Waals surface area (Å²) in [6, 6.07) is 16.6. The van der Waals surface area contributed by atoms with Crippen LogP contribution in [0.25, 0.3) is 22.6 Å². The highest BCUT2D eigenvalue weighted by Gasteiger charge is 2.07. The van der Waals surface area contributed by atoms with Gasteiger partial charge in [-0.25, -0.2) is 14.8 Å². The molecule has 26 heavy (non-hydrogen) atoms. The van der Waals surface area contributed by atoms with Crippen molar-refractivity contribution in [1.29, 1.82) is 0 Å². The maximum atomic E-state index is 11.3. The van der Waals surface area contributed by atoms with Crippen LogP contribution >= 0.6 is 11.6 Å². The van der Waals surface area contributed by atoms with Crippen molar-refractivity contribution in [3.05, 3.63) is 65.8 Å². The van der Waals surface area contributed by atoms with E-state index in [0.29, 0.717) is 23.2 Å². The lowest BCUT2D eigenvalue weighted by Crippen LogP contribution is -2.14. The molecule has 0 aliphatic rings. The molecule has 0 fully saturated rings. The topological polar surface area (TPSA) is 61.3 Å². The number of hydrogen-bond acceptors (Lipinski definition) is 5. The van der Waals surface area contributed by atoms with E-state index in [1.807, 2.05) is 42.5 Å². The molecule has 0 aliphatic carbocycles. The maximum Gasteiger partial charge on any atom is 0.344 e. The zero-order chi connectivity index (χ0) is 18.4. The zero-order valence-electron chi connectivity index (χ0n) is 14.2. The Labute approximate surface area is 156 Å². The quantitative estimate of drug-likeness (QED) is 0.603. The number of nitrogens with zero attached hydrogens (tertiary/aromatic N) is 2. The summed E-state index contributed by atoms with van der Waals surface area (Å²) in [5, 5.41) is 0.682. The number of benzene rings is 2. The van der Waals surface area contributed by atoms with Gasteiger partial charge in [0.05, 0.1) is 12.3 Å². The highest BCUT2D eigenvalue weighted by atomic mass is 35.5. The van der Waals surface area contributed by atoms with Crippen LogP contribution in [0.15, 0.2) is 60.8 Å². The first-order chi connectivity index (χ1) is 12.7. The number of halogens is 1. The third-order valence-corrected chi connectivity index (χ3v) is 3.82. The Morgan fingerprint density at radius 3 is 2.38 bits per heavy atom. The third kappa shape index (κ3) is 4.58. The standard InChI is InChI=1S/C20H17ClN2O3/c1-2-25-19(24)13-26-17-9-5-15(6-10-17)20-22-12-11-18(23-20)14-3-7-16(21)8-4-14/h3-12H,2,13H2,1H3. The Kier molecular flexibility index (Phi) is 5.81. The van der Waals surface area contributed by atoms with E-state index in [4.69, 9.17) is 21.1 Å². The Hall–Kier alpha value is -2.92. The SMILES string of the molecule is CCOC(=O)COc1ccc(-c2nccc(-c3ccc(Cl)cc3)n2)cc1. The fourth-order valence-corrected chi connectivity index (χ4v) is 2.45. The van der Waals surface area contributed by atoms with Gasteiger partial charge < -0.3 is 9.47 Å². The predicted molar refractivity (Wildman–Crippen MR) is 100 cm³/mol. The minimum absolute atomic E-state index is 0.115. The summed E-state index contributed by atoms with van der Waals surface area (Å²) >= 11 is 5.93. The van der Waals surface area contributed by atoms with Crippen molar-refractivity contribution >= 4 is 17.6 Å². The monoisotopic (exact) mass is 368 g/mol. The van der Waals surface area contributed by atoms with Gasteiger partial charge in [-0.3, -0.25) is 0 Å². The lowest BCUT2D eigenvalue weighted by atomic mass is 10.1. The second-order valence-electron chi connectivity index (χ2n) is 5.39. The summed E-state index contributed by atoms with van der Waals surface area (Å²) in [7, 11) is 0. The van der Waals surface area contributed by atoms with E-state index in [-0.39, 0.29) is 6.61 Å². The van der Waals surface area contributed by atoms with Gasteiger partial charge in [0, 0.05) is 22.3 Å². The summed E-state index contributed by atoms with van der Waals surface area (Å²) in [6.45, 7) is 1.98. The van der Waals surface area contributed by atoms with E-state index in [0.717, 1.165) is 16.8 Å². The van der Waals surface area contributed by atoms with Gasteiger partial charge in [0.2, 0.25) is 0 Å². The van der Waals surface area contributed by atoms with Gasteiger partial charge in [0.25, 0.3) is 0 Å². The van der Waals surface area contributed by atoms with Crippen LogP contribution in [0.5, 0.6) is 5.75 Å². The van der Waals surface area contributed by atoms with Crippen LogP contribution in [0.2, 0.25) is 5.02 Å². The normalized spacial score (nSPS) is 10.4. The lowest BCUT2D eigenvalue weighted by Gasteiger charge is -2.07. The molecule has 0 aliphatic heterocycles. The van der Waals surface area contributed by atoms with E-state index in [2.05, 4.69) is 9.97 Å². The second-order valence-corrected chi connectivity index (χ2v) is 5.83. The number of aromatic nitrogens is 2. The molecular formula is C20H17ClN2O3. The first kappa shape index (κ1) is 17.9. The average Bonchev–Trinajstić information content (AvgIpc) is 2.68. The van der Waals surface area contributed by atoms with Crippen LogP contribution in [0.1, 0.15) is 6.92 Å². The van der Waals surface area contributed by atoms with Crippen molar-refractivity contribution in [2.75, 3.05) is 13.2 Å². The van der Waals surface area contributed by atoms with Gasteiger partial charge in [0.15, 0.2) is 12.4 Å². The van der Waals surface area contributed by atoms with Gasteiger partial charge in [0.1, 0.15) is 5.75 Å². The molecule has 0 N–H and O–H groups in total. The molecule has 3 rings (SSSR count). The molecule has 0 saturated carbocycles. The minimum atomic E-state index is -0.393. The van der Waals surface area contributed by atoms with Crippen molar-refractivity contribution in [2.24, 2.45) is 0 Å². The molecule has 0 spiro atoms. The molecule has 2 aromatic carbocycles. The molecule has 0 bridgehead atoms. The van der Waals surface area contributed by atoms with Crippen LogP contribution in [0.4, 0.5) is 0 Å². The number of hydrogen-bond donors (Lipinski definition) is 0. The zero-order valence-corrected chi connectivity index (χ0v) is 14.9. The van der Waals surface area contributed by atoms with Crippen molar-refractivity contribution in [2.45, 2.75) is 6.92 Å². The molecule has 0 unspecified atom stereocenters. The molecule has 1 aromatic heterocycles. The second kappa shape index (κ2) is 8.45. The van der Waals surface area contributed by atoms with Crippen LogP contribution in [-0.2, 0) is 9.53 Å². The van der Waals surface area contributed by atoms with Crippen LogP contribution in [-0.4, -0.2) is 29.2 Å². The van der Waals surface area contributed by atoms with E-state index in [1.165, 1.54) is 0 Å². The van der Waals surface area contributed by atoms with E-state index < -0.39 is 5.97 Å². The minimum Gasteiger partial charge on any atom is -0.482 e. The van der Waals surface area contributed by atoms with Crippen LogP contribution in [0.3, 0.4) is 0 Å². The summed E-state index contributed by atoms with van der Waals surface area (Å²) in [6.07, 6.45) is 1.72. The number of esters is 1. The Bertz CT molecular complexity index is 880.